The van der Waals surface area contributed by atoms with Crippen LogP contribution in [0.5, 0.6) is 5.75 Å². The minimum atomic E-state index is -1.17. The van der Waals surface area contributed by atoms with Gasteiger partial charge in [0.05, 0.1) is 24.9 Å². The molecule has 1 aliphatic rings. The van der Waals surface area contributed by atoms with Crippen molar-refractivity contribution in [3.05, 3.63) is 93.8 Å². The van der Waals surface area contributed by atoms with Crippen molar-refractivity contribution in [2.45, 2.75) is 38.9 Å². The van der Waals surface area contributed by atoms with Crippen LogP contribution in [0.2, 0.25) is 0 Å². The normalized spacial score (nSPS) is 14.5. The first-order chi connectivity index (χ1) is 19.9. The van der Waals surface area contributed by atoms with Gasteiger partial charge >= 0.3 is 12.0 Å². The largest absolute Gasteiger partial charge is 0.493 e. The van der Waals surface area contributed by atoms with E-state index >= 15 is 8.78 Å². The number of carboxylic acids is 1. The molecule has 0 aromatic heterocycles. The van der Waals surface area contributed by atoms with Gasteiger partial charge in [0, 0.05) is 61.0 Å². The molecule has 3 amide bonds. The van der Waals surface area contributed by atoms with Crippen LogP contribution in [0.25, 0.3) is 0 Å². The van der Waals surface area contributed by atoms with E-state index in [0.717, 1.165) is 17.0 Å². The van der Waals surface area contributed by atoms with E-state index in [2.05, 4.69) is 5.32 Å². The van der Waals surface area contributed by atoms with Crippen molar-refractivity contribution in [2.24, 2.45) is 0 Å². The average molecular weight is 592 g/mol. The zero-order valence-electron chi connectivity index (χ0n) is 22.5. The topological polar surface area (TPSA) is 99.2 Å². The fourth-order valence-electron chi connectivity index (χ4n) is 4.49. The van der Waals surface area contributed by atoms with Gasteiger partial charge in [-0.2, -0.15) is 0 Å². The molecule has 1 atom stereocenters. The molecule has 0 saturated carbocycles. The third kappa shape index (κ3) is 6.45. The number of rotatable bonds is 10. The van der Waals surface area contributed by atoms with Crippen LogP contribution in [0.1, 0.15) is 52.9 Å². The van der Waals surface area contributed by atoms with E-state index in [0.29, 0.717) is 17.7 Å². The molecule has 0 radical (unpaired) electrons. The summed E-state index contributed by atoms with van der Waals surface area (Å²) in [6.45, 7) is 0.524. The van der Waals surface area contributed by atoms with Crippen LogP contribution in [0.3, 0.4) is 0 Å². The van der Waals surface area contributed by atoms with E-state index in [1.54, 1.807) is 13.0 Å². The summed E-state index contributed by atoms with van der Waals surface area (Å²) in [4.78, 5) is 39.2. The smallest absolute Gasteiger partial charge is 0.325 e. The molecule has 0 spiro atoms. The van der Waals surface area contributed by atoms with E-state index in [4.69, 9.17) is 9.84 Å². The molecule has 2 N–H and O–H groups in total. The molecule has 3 aromatic rings. The summed E-state index contributed by atoms with van der Waals surface area (Å²) in [6, 6.07) is 6.10. The first-order valence-electron chi connectivity index (χ1n) is 12.8. The van der Waals surface area contributed by atoms with Crippen LogP contribution in [-0.4, -0.2) is 41.6 Å². The summed E-state index contributed by atoms with van der Waals surface area (Å²) in [6.07, 6.45) is -0.0426. The molecule has 0 saturated heterocycles. The summed E-state index contributed by atoms with van der Waals surface area (Å²) >= 11 is 0. The molecule has 3 aromatic carbocycles. The van der Waals surface area contributed by atoms with Crippen molar-refractivity contribution >= 4 is 23.6 Å². The monoisotopic (exact) mass is 591 g/mol. The number of carbonyl (C=O) groups excluding carboxylic acids is 2. The van der Waals surface area contributed by atoms with E-state index in [-0.39, 0.29) is 36.4 Å². The van der Waals surface area contributed by atoms with Crippen LogP contribution >= 0.6 is 0 Å². The van der Waals surface area contributed by atoms with Gasteiger partial charge in [0.1, 0.15) is 34.8 Å². The lowest BCUT2D eigenvalue weighted by Crippen LogP contribution is -2.47. The Kier molecular flexibility index (Phi) is 8.98. The van der Waals surface area contributed by atoms with Gasteiger partial charge in [0.15, 0.2) is 0 Å². The number of fused-ring (bicyclic) bond motifs is 1. The number of anilines is 1. The summed E-state index contributed by atoms with van der Waals surface area (Å²) in [7, 11) is 1.51. The highest BCUT2D eigenvalue weighted by atomic mass is 19.2. The number of carbonyl (C=O) groups is 3. The molecule has 0 unspecified atom stereocenters. The second-order valence-electron chi connectivity index (χ2n) is 9.67. The minimum Gasteiger partial charge on any atom is -0.493 e. The summed E-state index contributed by atoms with van der Waals surface area (Å²) in [5.41, 5.74) is -0.228. The maximum Gasteiger partial charge on any atom is 0.325 e. The van der Waals surface area contributed by atoms with Crippen LogP contribution in [-0.2, 0) is 17.9 Å². The van der Waals surface area contributed by atoms with E-state index in [1.807, 2.05) is 0 Å². The second-order valence-corrected chi connectivity index (χ2v) is 9.67. The van der Waals surface area contributed by atoms with Crippen LogP contribution < -0.4 is 15.0 Å². The first kappa shape index (κ1) is 30.3. The summed E-state index contributed by atoms with van der Waals surface area (Å²) in [5, 5.41) is 11.0. The molecule has 0 aliphatic carbocycles. The maximum absolute atomic E-state index is 15.0. The Balaban J connectivity index is 1.58. The predicted molar refractivity (Wildman–Crippen MR) is 140 cm³/mol. The standard InChI is InChI=1S/C29H26F5N3O5/c1-15-19-6-5-16(28(40)35-13-20-22(31)9-17(30)10-23(20)32)8-26(19)37(29(41)36(15)2)14-21-24(33)11-18(12-25(21)34)42-7-3-4-27(38)39/h5-6,8-12,15H,3-4,7,13-14H2,1-2H3,(H,35,40)(H,38,39)/t15-/m0/s1. The number of aliphatic carboxylic acids is 1. The lowest BCUT2D eigenvalue weighted by molar-refractivity contribution is -0.137. The first-order valence-corrected chi connectivity index (χ1v) is 12.8. The Hall–Kier alpha value is -4.68. The molecule has 1 heterocycles. The van der Waals surface area contributed by atoms with Gasteiger partial charge in [0.2, 0.25) is 0 Å². The molecule has 1 aliphatic heterocycles. The van der Waals surface area contributed by atoms with Gasteiger partial charge in [-0.15, -0.1) is 0 Å². The zero-order valence-corrected chi connectivity index (χ0v) is 22.5. The number of ether oxygens (including phenoxy) is 1. The van der Waals surface area contributed by atoms with Crippen molar-refractivity contribution in [2.75, 3.05) is 18.6 Å². The van der Waals surface area contributed by atoms with Gasteiger partial charge in [0.25, 0.3) is 5.91 Å². The quantitative estimate of drug-likeness (QED) is 0.233. The third-order valence-corrected chi connectivity index (χ3v) is 6.91. The minimum absolute atomic E-state index is 0.00252. The van der Waals surface area contributed by atoms with Crippen molar-refractivity contribution in [1.29, 1.82) is 0 Å². The van der Waals surface area contributed by atoms with Gasteiger partial charge < -0.3 is 20.1 Å². The van der Waals surface area contributed by atoms with Gasteiger partial charge in [-0.25, -0.2) is 26.7 Å². The summed E-state index contributed by atoms with van der Waals surface area (Å²) < 4.78 is 76.5. The highest BCUT2D eigenvalue weighted by molar-refractivity contribution is 5.99. The van der Waals surface area contributed by atoms with Crippen molar-refractivity contribution in [3.8, 4) is 5.75 Å². The Morgan fingerprint density at radius 1 is 0.952 bits per heavy atom. The fourth-order valence-corrected chi connectivity index (χ4v) is 4.49. The Bertz CT molecular complexity index is 1500. The molecule has 0 bridgehead atoms. The number of halogens is 5. The molecule has 4 rings (SSSR count). The van der Waals surface area contributed by atoms with Crippen molar-refractivity contribution in [1.82, 2.24) is 10.2 Å². The van der Waals surface area contributed by atoms with Crippen molar-refractivity contribution < 1.29 is 46.2 Å². The molecule has 8 nitrogen and oxygen atoms in total. The maximum atomic E-state index is 15.0. The predicted octanol–water partition coefficient (Wildman–Crippen LogP) is 5.69. The van der Waals surface area contributed by atoms with E-state index in [1.165, 1.54) is 24.1 Å². The fraction of sp³-hybridized carbons (Fsp3) is 0.276. The number of nitrogens with one attached hydrogen (secondary N) is 1. The Labute approximate surface area is 237 Å². The van der Waals surface area contributed by atoms with Crippen molar-refractivity contribution in [3.63, 3.8) is 0 Å². The van der Waals surface area contributed by atoms with Gasteiger partial charge in [-0.1, -0.05) is 6.07 Å². The summed E-state index contributed by atoms with van der Waals surface area (Å²) in [5.74, 6) is -7.41. The number of urea groups is 1. The number of hydrogen-bond acceptors (Lipinski definition) is 4. The molecule has 13 heteroatoms. The number of benzene rings is 3. The molecular weight excluding hydrogens is 565 g/mol. The number of hydrogen-bond donors (Lipinski definition) is 2. The van der Waals surface area contributed by atoms with Gasteiger partial charge in [-0.3, -0.25) is 14.5 Å². The van der Waals surface area contributed by atoms with E-state index < -0.39 is 77.3 Å². The van der Waals surface area contributed by atoms with E-state index in [9.17, 15) is 27.6 Å². The SMILES string of the molecule is C[C@H]1c2ccc(C(=O)NCc3c(F)cc(F)cc3F)cc2N(Cc2c(F)cc(OCCCC(=O)O)cc2F)C(=O)N1C. The Morgan fingerprint density at radius 3 is 2.19 bits per heavy atom. The van der Waals surface area contributed by atoms with Crippen LogP contribution in [0.15, 0.2) is 42.5 Å². The average Bonchev–Trinajstić information content (AvgIpc) is 2.92. The highest BCUT2D eigenvalue weighted by Crippen LogP contribution is 2.38. The second kappa shape index (κ2) is 12.5. The number of carboxylic acid groups (broad SMARTS) is 1. The third-order valence-electron chi connectivity index (χ3n) is 6.91. The number of amides is 3. The van der Waals surface area contributed by atoms with Crippen LogP contribution in [0.4, 0.5) is 32.4 Å². The molecule has 42 heavy (non-hydrogen) atoms. The van der Waals surface area contributed by atoms with Gasteiger partial charge in [-0.05, 0) is 31.0 Å². The highest BCUT2D eigenvalue weighted by Gasteiger charge is 2.35. The lowest BCUT2D eigenvalue weighted by Gasteiger charge is -2.39. The lowest BCUT2D eigenvalue weighted by atomic mass is 9.98. The van der Waals surface area contributed by atoms with Crippen LogP contribution in [0, 0.1) is 29.1 Å². The molecular formula is C29H26F5N3O5. The number of nitrogens with zero attached hydrogens (tertiary/aromatic N) is 2. The molecule has 222 valence electrons. The zero-order chi connectivity index (χ0) is 30.7. The molecule has 0 fully saturated rings. The Morgan fingerprint density at radius 2 is 1.57 bits per heavy atom.